The second-order valence-electron chi connectivity index (χ2n) is 6.81. The molecule has 1 fully saturated rings. The first-order chi connectivity index (χ1) is 13.0. The summed E-state index contributed by atoms with van der Waals surface area (Å²) in [6, 6.07) is 10.8. The molecule has 27 heavy (non-hydrogen) atoms. The normalized spacial score (nSPS) is 15.1. The average Bonchev–Trinajstić information content (AvgIpc) is 2.68. The number of carbonyl (C=O) groups is 1. The van der Waals surface area contributed by atoms with Crippen molar-refractivity contribution < 1.29 is 18.7 Å². The lowest BCUT2D eigenvalue weighted by atomic mass is 9.79. The van der Waals surface area contributed by atoms with E-state index in [0.29, 0.717) is 24.0 Å². The van der Waals surface area contributed by atoms with E-state index in [1.165, 1.54) is 53.4 Å². The van der Waals surface area contributed by atoms with Crippen LogP contribution in [0.4, 0.5) is 13.6 Å². The van der Waals surface area contributed by atoms with Gasteiger partial charge in [0.25, 0.3) is 0 Å². The van der Waals surface area contributed by atoms with Crippen LogP contribution >= 0.6 is 0 Å². The second-order valence-corrected chi connectivity index (χ2v) is 6.81. The smallest absolute Gasteiger partial charge is 0.409 e. The number of hydrogen-bond donors (Lipinski definition) is 1. The maximum absolute atomic E-state index is 13.5. The van der Waals surface area contributed by atoms with Gasteiger partial charge in [0, 0.05) is 6.04 Å². The number of rotatable bonds is 4. The first-order valence-corrected chi connectivity index (χ1v) is 9.01. The minimum absolute atomic E-state index is 0.262. The van der Waals surface area contributed by atoms with Gasteiger partial charge in [-0.15, -0.1) is 6.42 Å². The molecule has 1 aliphatic carbocycles. The number of halogens is 2. The monoisotopic (exact) mass is 369 g/mol. The minimum Gasteiger partial charge on any atom is -0.465 e. The van der Waals surface area contributed by atoms with Crippen molar-refractivity contribution in [3.63, 3.8) is 0 Å². The van der Waals surface area contributed by atoms with Crippen LogP contribution < -0.4 is 0 Å². The second kappa shape index (κ2) is 7.79. The molecule has 5 heteroatoms. The van der Waals surface area contributed by atoms with Crippen LogP contribution in [0.5, 0.6) is 0 Å². The Morgan fingerprint density at radius 2 is 1.41 bits per heavy atom. The summed E-state index contributed by atoms with van der Waals surface area (Å²) < 4.78 is 27.0. The number of benzene rings is 2. The maximum atomic E-state index is 13.5. The number of amides is 1. The van der Waals surface area contributed by atoms with Crippen LogP contribution in [0.2, 0.25) is 0 Å². The maximum Gasteiger partial charge on any atom is 0.409 e. The third kappa shape index (κ3) is 3.52. The van der Waals surface area contributed by atoms with Crippen molar-refractivity contribution in [1.82, 2.24) is 4.90 Å². The molecule has 1 aliphatic rings. The Balaban J connectivity index is 2.23. The number of hydrogen-bond acceptors (Lipinski definition) is 1. The molecule has 0 atom stereocenters. The van der Waals surface area contributed by atoms with Crippen LogP contribution in [0.3, 0.4) is 0 Å². The molecule has 1 saturated carbocycles. The van der Waals surface area contributed by atoms with Gasteiger partial charge in [-0.05, 0) is 48.2 Å². The summed E-state index contributed by atoms with van der Waals surface area (Å²) in [6.07, 6.45) is 9.11. The van der Waals surface area contributed by atoms with Crippen molar-refractivity contribution in [1.29, 1.82) is 0 Å². The number of nitrogens with zero attached hydrogens (tertiary/aromatic N) is 1. The van der Waals surface area contributed by atoms with Gasteiger partial charge in [-0.2, -0.15) is 0 Å². The third-order valence-electron chi connectivity index (χ3n) is 5.24. The summed E-state index contributed by atoms with van der Waals surface area (Å²) in [5.41, 5.74) is -0.535. The number of carboxylic acid groups (broad SMARTS) is 1. The zero-order valence-corrected chi connectivity index (χ0v) is 14.9. The van der Waals surface area contributed by atoms with Crippen LogP contribution in [0.25, 0.3) is 0 Å². The summed E-state index contributed by atoms with van der Waals surface area (Å²) in [5.74, 6) is 1.78. The lowest BCUT2D eigenvalue weighted by molar-refractivity contribution is 0.0718. The average molecular weight is 369 g/mol. The molecule has 1 amide bonds. The molecule has 0 spiro atoms. The molecular weight excluding hydrogens is 348 g/mol. The summed E-state index contributed by atoms with van der Waals surface area (Å²) in [7, 11) is 0. The molecule has 1 N–H and O–H groups in total. The SMILES string of the molecule is C#CC(c1ccc(F)cc1)(c1ccc(F)cc1)N(C(=O)O)C1CCCCC1. The molecule has 2 aromatic rings. The minimum atomic E-state index is -1.46. The molecule has 0 bridgehead atoms. The van der Waals surface area contributed by atoms with Crippen LogP contribution in [-0.2, 0) is 5.54 Å². The van der Waals surface area contributed by atoms with Crippen LogP contribution in [-0.4, -0.2) is 22.1 Å². The molecule has 0 aliphatic heterocycles. The molecule has 0 saturated heterocycles. The van der Waals surface area contributed by atoms with Gasteiger partial charge < -0.3 is 5.11 Å². The lowest BCUT2D eigenvalue weighted by Gasteiger charge is -2.45. The topological polar surface area (TPSA) is 40.5 Å². The fourth-order valence-corrected chi connectivity index (χ4v) is 3.98. The van der Waals surface area contributed by atoms with Gasteiger partial charge in [0.1, 0.15) is 11.6 Å². The van der Waals surface area contributed by atoms with Gasteiger partial charge in [0.2, 0.25) is 0 Å². The Labute approximate surface area is 157 Å². The van der Waals surface area contributed by atoms with Gasteiger partial charge in [0.15, 0.2) is 5.54 Å². The van der Waals surface area contributed by atoms with E-state index in [0.717, 1.165) is 19.3 Å². The van der Waals surface area contributed by atoms with Crippen molar-refractivity contribution in [2.75, 3.05) is 0 Å². The van der Waals surface area contributed by atoms with Crippen LogP contribution in [0.1, 0.15) is 43.2 Å². The van der Waals surface area contributed by atoms with E-state index in [1.54, 1.807) is 0 Å². The largest absolute Gasteiger partial charge is 0.465 e. The summed E-state index contributed by atoms with van der Waals surface area (Å²) in [4.78, 5) is 13.7. The summed E-state index contributed by atoms with van der Waals surface area (Å²) >= 11 is 0. The van der Waals surface area contributed by atoms with Gasteiger partial charge in [-0.1, -0.05) is 49.4 Å². The molecule has 3 nitrogen and oxygen atoms in total. The highest BCUT2D eigenvalue weighted by Gasteiger charge is 2.45. The van der Waals surface area contributed by atoms with Crippen molar-refractivity contribution in [2.45, 2.75) is 43.7 Å². The Hall–Kier alpha value is -2.87. The first-order valence-electron chi connectivity index (χ1n) is 9.01. The molecule has 3 rings (SSSR count). The summed E-state index contributed by atoms with van der Waals surface area (Å²) in [6.45, 7) is 0. The quantitative estimate of drug-likeness (QED) is 0.757. The van der Waals surface area contributed by atoms with Gasteiger partial charge >= 0.3 is 6.09 Å². The molecule has 2 aromatic carbocycles. The Kier molecular flexibility index (Phi) is 5.46. The van der Waals surface area contributed by atoms with E-state index in [9.17, 15) is 18.7 Å². The van der Waals surface area contributed by atoms with Gasteiger partial charge in [-0.3, -0.25) is 4.90 Å². The van der Waals surface area contributed by atoms with Crippen molar-refractivity contribution >= 4 is 6.09 Å². The standard InChI is InChI=1S/C22H21F2NO2/c1-2-22(16-8-12-18(23)13-9-16,17-10-14-19(24)15-11-17)25(21(26)27)20-6-4-3-5-7-20/h1,8-15,20H,3-7H2,(H,26,27). The van der Waals surface area contributed by atoms with E-state index in [2.05, 4.69) is 5.92 Å². The lowest BCUT2D eigenvalue weighted by Crippen LogP contribution is -2.54. The zero-order valence-electron chi connectivity index (χ0n) is 14.9. The molecule has 0 unspecified atom stereocenters. The molecule has 0 aromatic heterocycles. The van der Waals surface area contributed by atoms with Crippen molar-refractivity contribution in [2.24, 2.45) is 0 Å². The highest BCUT2D eigenvalue weighted by molar-refractivity contribution is 5.70. The molecule has 140 valence electrons. The van der Waals surface area contributed by atoms with E-state index in [-0.39, 0.29) is 6.04 Å². The molecule has 0 radical (unpaired) electrons. The van der Waals surface area contributed by atoms with Gasteiger partial charge in [0.05, 0.1) is 0 Å². The van der Waals surface area contributed by atoms with Gasteiger partial charge in [-0.25, -0.2) is 13.6 Å². The molecule has 0 heterocycles. The van der Waals surface area contributed by atoms with Crippen molar-refractivity contribution in [3.8, 4) is 12.3 Å². The van der Waals surface area contributed by atoms with E-state index in [4.69, 9.17) is 6.42 Å². The molecular formula is C22H21F2NO2. The first kappa shape index (κ1) is 18.9. The van der Waals surface area contributed by atoms with Crippen LogP contribution in [0, 0.1) is 24.0 Å². The Bertz CT molecular complexity index is 789. The van der Waals surface area contributed by atoms with Crippen molar-refractivity contribution in [3.05, 3.63) is 71.3 Å². The fraction of sp³-hybridized carbons (Fsp3) is 0.318. The Morgan fingerprint density at radius 1 is 0.963 bits per heavy atom. The summed E-state index contributed by atoms with van der Waals surface area (Å²) in [5, 5.41) is 10.1. The van der Waals surface area contributed by atoms with E-state index in [1.807, 2.05) is 0 Å². The van der Waals surface area contributed by atoms with E-state index >= 15 is 0 Å². The predicted octanol–water partition coefficient (Wildman–Crippen LogP) is 5.15. The highest BCUT2D eigenvalue weighted by Crippen LogP contribution is 2.40. The van der Waals surface area contributed by atoms with Crippen LogP contribution in [0.15, 0.2) is 48.5 Å². The zero-order chi connectivity index (χ0) is 19.4. The predicted molar refractivity (Wildman–Crippen MR) is 99.1 cm³/mol. The third-order valence-corrected chi connectivity index (χ3v) is 5.24. The fourth-order valence-electron chi connectivity index (χ4n) is 3.98. The van der Waals surface area contributed by atoms with E-state index < -0.39 is 23.3 Å². The highest BCUT2D eigenvalue weighted by atomic mass is 19.1. The number of terminal acetylenes is 1. The Morgan fingerprint density at radius 3 is 1.78 bits per heavy atom.